The Morgan fingerprint density at radius 2 is 1.93 bits per heavy atom. The summed E-state index contributed by atoms with van der Waals surface area (Å²) in [6.07, 6.45) is 2.53. The van der Waals surface area contributed by atoms with Gasteiger partial charge in [0.05, 0.1) is 23.0 Å². The van der Waals surface area contributed by atoms with Gasteiger partial charge in [-0.25, -0.2) is 9.97 Å². The highest BCUT2D eigenvalue weighted by Crippen LogP contribution is 2.59. The van der Waals surface area contributed by atoms with E-state index in [-0.39, 0.29) is 45.6 Å². The molecule has 30 heavy (non-hydrogen) atoms. The number of benzene rings is 1. The van der Waals surface area contributed by atoms with Gasteiger partial charge >= 0.3 is 0 Å². The Kier molecular flexibility index (Phi) is 5.99. The molecule has 1 aliphatic rings. The number of rotatable bonds is 5. The number of hydrogen-bond acceptors (Lipinski definition) is 5. The molecule has 8 heteroatoms. The maximum atomic E-state index is 12.8. The number of amides is 1. The maximum absolute atomic E-state index is 12.8. The van der Waals surface area contributed by atoms with E-state index in [0.29, 0.717) is 16.3 Å². The van der Waals surface area contributed by atoms with Gasteiger partial charge in [0.15, 0.2) is 0 Å². The molecule has 1 unspecified atom stereocenters. The topological polar surface area (TPSA) is 87.9 Å². The molecule has 1 aromatic heterocycles. The summed E-state index contributed by atoms with van der Waals surface area (Å²) >= 11 is 11.9. The van der Waals surface area contributed by atoms with Crippen LogP contribution in [-0.4, -0.2) is 28.0 Å². The molecule has 6 nitrogen and oxygen atoms in total. The first-order valence-corrected chi connectivity index (χ1v) is 10.4. The molecule has 0 saturated heterocycles. The van der Waals surface area contributed by atoms with Crippen molar-refractivity contribution in [3.8, 4) is 11.8 Å². The normalized spacial score (nSPS) is 24.6. The Bertz CT molecular complexity index is 1000. The summed E-state index contributed by atoms with van der Waals surface area (Å²) in [6.45, 7) is 10.5. The van der Waals surface area contributed by atoms with Crippen molar-refractivity contribution in [1.29, 1.82) is 5.26 Å². The second kappa shape index (κ2) is 8.05. The van der Waals surface area contributed by atoms with Crippen molar-refractivity contribution in [2.45, 2.75) is 46.8 Å². The average molecular weight is 447 g/mol. The summed E-state index contributed by atoms with van der Waals surface area (Å²) in [6, 6.07) is 6.94. The van der Waals surface area contributed by atoms with E-state index in [4.69, 9.17) is 33.2 Å². The van der Waals surface area contributed by atoms with Gasteiger partial charge in [0, 0.05) is 22.9 Å². The van der Waals surface area contributed by atoms with Gasteiger partial charge in [0.1, 0.15) is 28.8 Å². The lowest BCUT2D eigenvalue weighted by atomic mass is 9.45. The number of carbonyl (C=O) groups excluding carboxylic acids is 1. The van der Waals surface area contributed by atoms with E-state index < -0.39 is 0 Å². The van der Waals surface area contributed by atoms with Crippen molar-refractivity contribution in [3.05, 3.63) is 52.0 Å². The Morgan fingerprint density at radius 1 is 1.23 bits per heavy atom. The highest BCUT2D eigenvalue weighted by Gasteiger charge is 2.67. The van der Waals surface area contributed by atoms with Gasteiger partial charge in [-0.2, -0.15) is 5.26 Å². The van der Waals surface area contributed by atoms with Crippen LogP contribution in [0.2, 0.25) is 10.2 Å². The zero-order chi connectivity index (χ0) is 22.3. The minimum absolute atomic E-state index is 0.158. The van der Waals surface area contributed by atoms with Gasteiger partial charge in [-0.3, -0.25) is 4.79 Å². The van der Waals surface area contributed by atoms with E-state index in [1.165, 1.54) is 12.4 Å². The van der Waals surface area contributed by atoms with Crippen LogP contribution in [0.15, 0.2) is 30.6 Å². The maximum Gasteiger partial charge on any atom is 0.271 e. The minimum Gasteiger partial charge on any atom is -0.489 e. The SMILES string of the molecule is CC(C)C1(C)[C@@H](NC(=O)c2cnc(Cl)cn2)C(C)(C)[C@@H]1Oc1ccc(C#N)c(Cl)c1. The largest absolute Gasteiger partial charge is 0.489 e. The molecule has 0 bridgehead atoms. The van der Waals surface area contributed by atoms with Crippen molar-refractivity contribution in [3.63, 3.8) is 0 Å². The summed E-state index contributed by atoms with van der Waals surface area (Å²) < 4.78 is 6.37. The molecule has 1 amide bonds. The van der Waals surface area contributed by atoms with Gasteiger partial charge < -0.3 is 10.1 Å². The van der Waals surface area contributed by atoms with Crippen LogP contribution >= 0.6 is 23.2 Å². The van der Waals surface area contributed by atoms with Crippen LogP contribution in [0.3, 0.4) is 0 Å². The Hall–Kier alpha value is -2.36. The quantitative estimate of drug-likeness (QED) is 0.704. The zero-order valence-corrected chi connectivity index (χ0v) is 19.0. The lowest BCUT2D eigenvalue weighted by molar-refractivity contribution is -0.195. The molecule has 1 N–H and O–H groups in total. The third kappa shape index (κ3) is 3.73. The van der Waals surface area contributed by atoms with Crippen molar-refractivity contribution >= 4 is 29.1 Å². The third-order valence-corrected chi connectivity index (χ3v) is 6.80. The number of nitriles is 1. The first-order valence-electron chi connectivity index (χ1n) is 9.66. The van der Waals surface area contributed by atoms with Crippen molar-refractivity contribution in [2.24, 2.45) is 16.7 Å². The summed E-state index contributed by atoms with van der Waals surface area (Å²) in [5.41, 5.74) is -0.101. The third-order valence-electron chi connectivity index (χ3n) is 6.29. The van der Waals surface area contributed by atoms with E-state index in [9.17, 15) is 4.79 Å². The molecule has 0 spiro atoms. The molecule has 3 atom stereocenters. The molecule has 3 rings (SSSR count). The molecule has 158 valence electrons. The lowest BCUT2D eigenvalue weighted by Crippen LogP contribution is -2.77. The predicted molar refractivity (Wildman–Crippen MR) is 116 cm³/mol. The average Bonchev–Trinajstić information content (AvgIpc) is 2.70. The lowest BCUT2D eigenvalue weighted by Gasteiger charge is -2.66. The first-order chi connectivity index (χ1) is 14.0. The highest BCUT2D eigenvalue weighted by atomic mass is 35.5. The number of hydrogen-bond donors (Lipinski definition) is 1. The molecule has 1 aromatic carbocycles. The van der Waals surface area contributed by atoms with E-state index >= 15 is 0 Å². The van der Waals surface area contributed by atoms with Crippen LogP contribution in [0.4, 0.5) is 0 Å². The second-order valence-corrected chi connectivity index (χ2v) is 9.52. The summed E-state index contributed by atoms with van der Waals surface area (Å²) in [5, 5.41) is 12.8. The van der Waals surface area contributed by atoms with Gasteiger partial charge in [-0.05, 0) is 18.1 Å². The number of ether oxygens (including phenoxy) is 1. The molecular formula is C22H24Cl2N4O2. The molecule has 1 saturated carbocycles. The van der Waals surface area contributed by atoms with Crippen molar-refractivity contribution < 1.29 is 9.53 Å². The fraction of sp³-hybridized carbons (Fsp3) is 0.455. The Labute approximate surface area is 186 Å². The molecule has 0 aliphatic heterocycles. The Morgan fingerprint density at radius 3 is 2.47 bits per heavy atom. The second-order valence-electron chi connectivity index (χ2n) is 8.72. The van der Waals surface area contributed by atoms with Crippen LogP contribution in [0, 0.1) is 28.1 Å². The smallest absolute Gasteiger partial charge is 0.271 e. The van der Waals surface area contributed by atoms with Gasteiger partial charge in [-0.1, -0.05) is 57.8 Å². The van der Waals surface area contributed by atoms with Crippen molar-refractivity contribution in [2.75, 3.05) is 0 Å². The van der Waals surface area contributed by atoms with Gasteiger partial charge in [0.2, 0.25) is 0 Å². The molecule has 2 aromatic rings. The summed E-state index contributed by atoms with van der Waals surface area (Å²) in [7, 11) is 0. The monoisotopic (exact) mass is 446 g/mol. The summed E-state index contributed by atoms with van der Waals surface area (Å²) in [5.74, 6) is 0.507. The number of carbonyl (C=O) groups is 1. The Balaban J connectivity index is 1.86. The van der Waals surface area contributed by atoms with Gasteiger partial charge in [-0.15, -0.1) is 0 Å². The van der Waals surface area contributed by atoms with Crippen LogP contribution in [0.25, 0.3) is 0 Å². The predicted octanol–water partition coefficient (Wildman–Crippen LogP) is 4.90. The van der Waals surface area contributed by atoms with E-state index in [2.05, 4.69) is 49.9 Å². The van der Waals surface area contributed by atoms with E-state index in [1.807, 2.05) is 6.07 Å². The zero-order valence-electron chi connectivity index (χ0n) is 17.5. The van der Waals surface area contributed by atoms with E-state index in [0.717, 1.165) is 0 Å². The summed E-state index contributed by atoms with van der Waals surface area (Å²) in [4.78, 5) is 20.8. The van der Waals surface area contributed by atoms with E-state index in [1.54, 1.807) is 18.2 Å². The van der Waals surface area contributed by atoms with Crippen molar-refractivity contribution in [1.82, 2.24) is 15.3 Å². The molecule has 0 radical (unpaired) electrons. The van der Waals surface area contributed by atoms with Crippen LogP contribution in [-0.2, 0) is 0 Å². The van der Waals surface area contributed by atoms with Crippen LogP contribution < -0.4 is 10.1 Å². The minimum atomic E-state index is -0.366. The number of aromatic nitrogens is 2. The van der Waals surface area contributed by atoms with Crippen LogP contribution in [0.1, 0.15) is 50.7 Å². The fourth-order valence-corrected chi connectivity index (χ4v) is 4.81. The molecule has 1 aliphatic carbocycles. The molecule has 1 heterocycles. The number of nitrogens with one attached hydrogen (secondary N) is 1. The standard InChI is InChI=1S/C22H24Cl2N4O2/c1-12(2)22(5)19(28-18(29)16-10-27-17(24)11-26-16)21(3,4)20(22)30-14-7-6-13(9-25)15(23)8-14/h6-8,10-12,19-20H,1-5H3,(H,28,29)/t19-,20-,22?/m0/s1. The number of nitrogens with zero attached hydrogens (tertiary/aromatic N) is 3. The first kappa shape index (κ1) is 22.3. The van der Waals surface area contributed by atoms with Crippen LogP contribution in [0.5, 0.6) is 5.75 Å². The fourth-order valence-electron chi connectivity index (χ4n) is 4.50. The molecule has 1 fully saturated rings. The highest BCUT2D eigenvalue weighted by molar-refractivity contribution is 6.31. The number of halogens is 2. The van der Waals surface area contributed by atoms with Gasteiger partial charge in [0.25, 0.3) is 5.91 Å². The molecular weight excluding hydrogens is 423 g/mol.